The molecule has 0 aliphatic heterocycles. The number of carbonyl (C=O) groups is 2. The van der Waals surface area contributed by atoms with E-state index in [2.05, 4.69) is 5.32 Å². The molecule has 19 heavy (non-hydrogen) atoms. The van der Waals surface area contributed by atoms with E-state index in [0.29, 0.717) is 31.8 Å². The van der Waals surface area contributed by atoms with Gasteiger partial charge in [0.05, 0.1) is 6.61 Å². The van der Waals surface area contributed by atoms with Crippen molar-refractivity contribution in [1.82, 2.24) is 5.32 Å². The summed E-state index contributed by atoms with van der Waals surface area (Å²) in [4.78, 5) is 22.5. The van der Waals surface area contributed by atoms with Gasteiger partial charge in [0.2, 0.25) is 5.91 Å². The van der Waals surface area contributed by atoms with Crippen LogP contribution in [0, 0.1) is 6.92 Å². The van der Waals surface area contributed by atoms with Crippen molar-refractivity contribution in [1.29, 1.82) is 0 Å². The Morgan fingerprint density at radius 2 is 2.21 bits per heavy atom. The molecule has 5 nitrogen and oxygen atoms in total. The lowest BCUT2D eigenvalue weighted by atomic mass is 10.3. The fourth-order valence-corrected chi connectivity index (χ4v) is 1.44. The van der Waals surface area contributed by atoms with E-state index < -0.39 is 0 Å². The van der Waals surface area contributed by atoms with Crippen LogP contribution in [-0.2, 0) is 14.3 Å². The van der Waals surface area contributed by atoms with E-state index in [1.165, 1.54) is 6.08 Å². The van der Waals surface area contributed by atoms with Crippen LogP contribution in [0.2, 0.25) is 0 Å². The Hall–Kier alpha value is -2.04. The summed E-state index contributed by atoms with van der Waals surface area (Å²) in [5, 5.41) is 2.68. The van der Waals surface area contributed by atoms with Crippen LogP contribution in [0.3, 0.4) is 0 Å². The molecule has 1 aromatic heterocycles. The Labute approximate surface area is 112 Å². The number of hydrogen-bond donors (Lipinski definition) is 1. The Kier molecular flexibility index (Phi) is 6.43. The maximum atomic E-state index is 11.4. The zero-order chi connectivity index (χ0) is 14.1. The van der Waals surface area contributed by atoms with Crippen molar-refractivity contribution in [3.8, 4) is 0 Å². The average Bonchev–Trinajstić information content (AvgIpc) is 2.78. The second-order valence-corrected chi connectivity index (χ2v) is 3.98. The molecule has 0 aliphatic rings. The first-order valence-corrected chi connectivity index (χ1v) is 6.29. The molecule has 0 saturated carbocycles. The molecular weight excluding hydrogens is 246 g/mol. The summed E-state index contributed by atoms with van der Waals surface area (Å²) in [6.45, 7) is 4.43. The molecule has 0 fully saturated rings. The number of amides is 1. The smallest absolute Gasteiger partial charge is 0.305 e. The summed E-state index contributed by atoms with van der Waals surface area (Å²) in [7, 11) is 0. The standard InChI is InChI=1S/C14H19NO4/c1-3-18-14(17)5-4-10-15-13(16)9-8-12-7-6-11(2)19-12/h6-9H,3-5,10H2,1-2H3,(H,15,16)/b9-8+. The van der Waals surface area contributed by atoms with Crippen LogP contribution >= 0.6 is 0 Å². The molecule has 0 radical (unpaired) electrons. The van der Waals surface area contributed by atoms with Crippen molar-refractivity contribution >= 4 is 18.0 Å². The molecule has 0 unspecified atom stereocenters. The summed E-state index contributed by atoms with van der Waals surface area (Å²) >= 11 is 0. The van der Waals surface area contributed by atoms with Gasteiger partial charge in [0.1, 0.15) is 11.5 Å². The molecule has 0 aromatic carbocycles. The van der Waals surface area contributed by atoms with Gasteiger partial charge in [0.25, 0.3) is 0 Å². The first kappa shape index (κ1) is 15.0. The maximum Gasteiger partial charge on any atom is 0.305 e. The molecular formula is C14H19NO4. The van der Waals surface area contributed by atoms with Crippen molar-refractivity contribution in [2.75, 3.05) is 13.2 Å². The Balaban J connectivity index is 2.18. The van der Waals surface area contributed by atoms with Crippen LogP contribution in [0.4, 0.5) is 0 Å². The normalized spacial score (nSPS) is 10.6. The summed E-state index contributed by atoms with van der Waals surface area (Å²) in [6.07, 6.45) is 3.89. The predicted octanol–water partition coefficient (Wildman–Crippen LogP) is 2.06. The molecule has 1 heterocycles. The monoisotopic (exact) mass is 265 g/mol. The van der Waals surface area contributed by atoms with E-state index in [9.17, 15) is 9.59 Å². The molecule has 5 heteroatoms. The van der Waals surface area contributed by atoms with Gasteiger partial charge >= 0.3 is 5.97 Å². The summed E-state index contributed by atoms with van der Waals surface area (Å²) in [5.41, 5.74) is 0. The van der Waals surface area contributed by atoms with E-state index in [1.807, 2.05) is 13.0 Å². The molecule has 0 aliphatic carbocycles. The highest BCUT2D eigenvalue weighted by molar-refractivity contribution is 5.91. The van der Waals surface area contributed by atoms with Crippen molar-refractivity contribution in [3.05, 3.63) is 29.7 Å². The number of nitrogens with one attached hydrogen (secondary N) is 1. The molecule has 1 aromatic rings. The molecule has 0 saturated heterocycles. The number of aryl methyl sites for hydroxylation is 1. The zero-order valence-electron chi connectivity index (χ0n) is 11.3. The third kappa shape index (κ3) is 6.45. The van der Waals surface area contributed by atoms with Gasteiger partial charge in [-0.1, -0.05) is 0 Å². The SMILES string of the molecule is CCOC(=O)CCCNC(=O)/C=C/c1ccc(C)o1. The lowest BCUT2D eigenvalue weighted by Crippen LogP contribution is -2.22. The van der Waals surface area contributed by atoms with Crippen LogP contribution < -0.4 is 5.32 Å². The number of ether oxygens (including phenoxy) is 1. The molecule has 0 atom stereocenters. The lowest BCUT2D eigenvalue weighted by Gasteiger charge is -2.02. The molecule has 1 rings (SSSR count). The highest BCUT2D eigenvalue weighted by Gasteiger charge is 2.01. The quantitative estimate of drug-likeness (QED) is 0.465. The van der Waals surface area contributed by atoms with Gasteiger partial charge in [-0.15, -0.1) is 0 Å². The lowest BCUT2D eigenvalue weighted by molar-refractivity contribution is -0.143. The number of hydrogen-bond acceptors (Lipinski definition) is 4. The van der Waals surface area contributed by atoms with E-state index in [1.54, 1.807) is 19.1 Å². The molecule has 1 amide bonds. The molecule has 0 bridgehead atoms. The van der Waals surface area contributed by atoms with Gasteiger partial charge in [0.15, 0.2) is 0 Å². The maximum absolute atomic E-state index is 11.4. The van der Waals surface area contributed by atoms with E-state index >= 15 is 0 Å². The van der Waals surface area contributed by atoms with Crippen molar-refractivity contribution in [2.45, 2.75) is 26.7 Å². The largest absolute Gasteiger partial charge is 0.466 e. The average molecular weight is 265 g/mol. The van der Waals surface area contributed by atoms with E-state index in [4.69, 9.17) is 9.15 Å². The summed E-state index contributed by atoms with van der Waals surface area (Å²) in [5.74, 6) is 0.991. The number of rotatable bonds is 7. The first-order chi connectivity index (χ1) is 9.11. The summed E-state index contributed by atoms with van der Waals surface area (Å²) in [6, 6.07) is 3.62. The second kappa shape index (κ2) is 8.13. The van der Waals surface area contributed by atoms with Gasteiger partial charge < -0.3 is 14.5 Å². The molecule has 1 N–H and O–H groups in total. The predicted molar refractivity (Wildman–Crippen MR) is 71.4 cm³/mol. The number of furan rings is 1. The first-order valence-electron chi connectivity index (χ1n) is 6.29. The van der Waals surface area contributed by atoms with Gasteiger partial charge in [-0.3, -0.25) is 9.59 Å². The van der Waals surface area contributed by atoms with Crippen LogP contribution in [0.15, 0.2) is 22.6 Å². The fourth-order valence-electron chi connectivity index (χ4n) is 1.44. The number of carbonyl (C=O) groups excluding carboxylic acids is 2. The van der Waals surface area contributed by atoms with Crippen molar-refractivity contribution in [2.24, 2.45) is 0 Å². The van der Waals surface area contributed by atoms with Crippen molar-refractivity contribution in [3.63, 3.8) is 0 Å². The minimum Gasteiger partial charge on any atom is -0.466 e. The van der Waals surface area contributed by atoms with E-state index in [-0.39, 0.29) is 11.9 Å². The van der Waals surface area contributed by atoms with Gasteiger partial charge in [-0.2, -0.15) is 0 Å². The van der Waals surface area contributed by atoms with Crippen LogP contribution in [-0.4, -0.2) is 25.0 Å². The number of esters is 1. The van der Waals surface area contributed by atoms with E-state index in [0.717, 1.165) is 5.76 Å². The highest BCUT2D eigenvalue weighted by atomic mass is 16.5. The zero-order valence-corrected chi connectivity index (χ0v) is 11.3. The molecule has 0 spiro atoms. The van der Waals surface area contributed by atoms with Crippen LogP contribution in [0.1, 0.15) is 31.3 Å². The fraction of sp³-hybridized carbons (Fsp3) is 0.429. The van der Waals surface area contributed by atoms with Crippen LogP contribution in [0.25, 0.3) is 6.08 Å². The second-order valence-electron chi connectivity index (χ2n) is 3.98. The third-order valence-corrected chi connectivity index (χ3v) is 2.32. The topological polar surface area (TPSA) is 68.5 Å². The molecule has 104 valence electrons. The Morgan fingerprint density at radius 1 is 1.42 bits per heavy atom. The van der Waals surface area contributed by atoms with Gasteiger partial charge in [-0.25, -0.2) is 0 Å². The third-order valence-electron chi connectivity index (χ3n) is 2.32. The van der Waals surface area contributed by atoms with Crippen molar-refractivity contribution < 1.29 is 18.7 Å². The Bertz CT molecular complexity index is 448. The van der Waals surface area contributed by atoms with Gasteiger partial charge in [-0.05, 0) is 38.5 Å². The van der Waals surface area contributed by atoms with Crippen LogP contribution in [0.5, 0.6) is 0 Å². The highest BCUT2D eigenvalue weighted by Crippen LogP contribution is 2.07. The Morgan fingerprint density at radius 3 is 2.84 bits per heavy atom. The summed E-state index contributed by atoms with van der Waals surface area (Å²) < 4.78 is 10.1. The minimum absolute atomic E-state index is 0.210. The van der Waals surface area contributed by atoms with Gasteiger partial charge in [0, 0.05) is 19.0 Å². The minimum atomic E-state index is -0.238.